The number of pyridine rings is 1. The predicted octanol–water partition coefficient (Wildman–Crippen LogP) is 6.06. The summed E-state index contributed by atoms with van der Waals surface area (Å²) in [5, 5.41) is 12.2. The highest BCUT2D eigenvalue weighted by Gasteiger charge is 2.46. The predicted molar refractivity (Wildman–Crippen MR) is 131 cm³/mol. The molecular formula is C25H19Cl3N2O4. The number of amides is 1. The minimum Gasteiger partial charge on any atom is -0.507 e. The number of aliphatic hydroxyl groups excluding tert-OH is 1. The fourth-order valence-corrected chi connectivity index (χ4v) is 4.31. The maximum Gasteiger partial charge on any atom is 0.295 e. The molecule has 1 N–H and O–H groups in total. The van der Waals surface area contributed by atoms with Gasteiger partial charge in [-0.25, -0.2) is 0 Å². The number of Topliss-reactive ketones (excluding diaryl/α,β-unsaturated/α-hetero) is 1. The number of benzene rings is 2. The third kappa shape index (κ3) is 4.62. The SMILES string of the molecule is CCOc1cc(/C(O)=C2/C(=O)C(=O)N(Cc3ccncc3)C2c2ccc(Cl)c(Cl)c2)ccc1Cl. The lowest BCUT2D eigenvalue weighted by Crippen LogP contribution is -2.29. The van der Waals surface area contributed by atoms with Gasteiger partial charge in [0.25, 0.3) is 11.7 Å². The molecule has 0 bridgehead atoms. The second-order valence-corrected chi connectivity index (χ2v) is 8.76. The Morgan fingerprint density at radius 1 is 1.00 bits per heavy atom. The lowest BCUT2D eigenvalue weighted by Gasteiger charge is -2.25. The third-order valence-electron chi connectivity index (χ3n) is 5.41. The Hall–Kier alpha value is -3.06. The number of carbonyl (C=O) groups excluding carboxylic acids is 2. The summed E-state index contributed by atoms with van der Waals surface area (Å²) in [7, 11) is 0. The second-order valence-electron chi connectivity index (χ2n) is 7.53. The maximum atomic E-state index is 13.2. The summed E-state index contributed by atoms with van der Waals surface area (Å²) >= 11 is 18.5. The number of hydrogen-bond acceptors (Lipinski definition) is 5. The van der Waals surface area contributed by atoms with E-state index in [4.69, 9.17) is 39.5 Å². The zero-order chi connectivity index (χ0) is 24.4. The van der Waals surface area contributed by atoms with Crippen LogP contribution in [0.4, 0.5) is 0 Å². The molecule has 1 atom stereocenters. The zero-order valence-corrected chi connectivity index (χ0v) is 20.2. The van der Waals surface area contributed by atoms with Gasteiger partial charge in [-0.05, 0) is 60.5 Å². The van der Waals surface area contributed by atoms with Crippen LogP contribution in [0.15, 0.2) is 66.5 Å². The highest BCUT2D eigenvalue weighted by molar-refractivity contribution is 6.47. The normalized spacial score (nSPS) is 17.3. The molecule has 1 aliphatic rings. The first-order chi connectivity index (χ1) is 16.3. The first kappa shape index (κ1) is 24.1. The summed E-state index contributed by atoms with van der Waals surface area (Å²) in [4.78, 5) is 31.7. The second kappa shape index (κ2) is 10.1. The van der Waals surface area contributed by atoms with E-state index in [0.717, 1.165) is 5.56 Å². The molecule has 0 aliphatic carbocycles. The number of rotatable bonds is 6. The van der Waals surface area contributed by atoms with Crippen molar-refractivity contribution < 1.29 is 19.4 Å². The molecular weight excluding hydrogens is 499 g/mol. The number of aromatic nitrogens is 1. The quantitative estimate of drug-likeness (QED) is 0.244. The number of halogens is 3. The van der Waals surface area contributed by atoms with Crippen molar-refractivity contribution in [3.05, 3.63) is 98.3 Å². The van der Waals surface area contributed by atoms with Crippen LogP contribution in [-0.2, 0) is 16.1 Å². The van der Waals surface area contributed by atoms with Crippen LogP contribution in [-0.4, -0.2) is 33.3 Å². The van der Waals surface area contributed by atoms with E-state index in [9.17, 15) is 14.7 Å². The Kier molecular flexibility index (Phi) is 7.12. The number of likely N-dealkylation sites (tertiary alicyclic amines) is 1. The van der Waals surface area contributed by atoms with Crippen LogP contribution in [0.5, 0.6) is 5.75 Å². The summed E-state index contributed by atoms with van der Waals surface area (Å²) in [5.41, 5.74) is 1.53. The maximum absolute atomic E-state index is 13.2. The van der Waals surface area contributed by atoms with Crippen LogP contribution >= 0.6 is 34.8 Å². The minimum absolute atomic E-state index is 0.0674. The molecule has 9 heteroatoms. The lowest BCUT2D eigenvalue weighted by molar-refractivity contribution is -0.140. The van der Waals surface area contributed by atoms with E-state index in [1.165, 1.54) is 11.0 Å². The smallest absolute Gasteiger partial charge is 0.295 e. The summed E-state index contributed by atoms with van der Waals surface area (Å²) in [6, 6.07) is 12.1. The molecule has 1 unspecified atom stereocenters. The van der Waals surface area contributed by atoms with E-state index in [-0.39, 0.29) is 22.9 Å². The Morgan fingerprint density at radius 3 is 2.38 bits per heavy atom. The van der Waals surface area contributed by atoms with Gasteiger partial charge in [0, 0.05) is 24.5 Å². The van der Waals surface area contributed by atoms with Gasteiger partial charge in [-0.15, -0.1) is 0 Å². The van der Waals surface area contributed by atoms with Crippen LogP contribution in [0, 0.1) is 0 Å². The van der Waals surface area contributed by atoms with Gasteiger partial charge in [-0.1, -0.05) is 40.9 Å². The van der Waals surface area contributed by atoms with E-state index in [1.807, 2.05) is 0 Å². The van der Waals surface area contributed by atoms with Crippen molar-refractivity contribution in [1.29, 1.82) is 0 Å². The number of ketones is 1. The van der Waals surface area contributed by atoms with Crippen molar-refractivity contribution >= 4 is 52.3 Å². The molecule has 1 amide bonds. The average molecular weight is 518 g/mol. The molecule has 1 fully saturated rings. The first-order valence-electron chi connectivity index (χ1n) is 10.4. The van der Waals surface area contributed by atoms with Crippen molar-refractivity contribution in [2.75, 3.05) is 6.61 Å². The van der Waals surface area contributed by atoms with E-state index < -0.39 is 17.7 Å². The molecule has 34 heavy (non-hydrogen) atoms. The summed E-state index contributed by atoms with van der Waals surface area (Å²) < 4.78 is 5.51. The topological polar surface area (TPSA) is 79.7 Å². The lowest BCUT2D eigenvalue weighted by atomic mass is 9.95. The standard InChI is InChI=1S/C25H19Cl3N2O4/c1-2-34-20-12-16(4-6-18(20)27)23(31)21-22(15-3-5-17(26)19(28)11-15)30(25(33)24(21)32)13-14-7-9-29-10-8-14/h3-12,22,31H,2,13H2,1H3/b23-21-. The van der Waals surface area contributed by atoms with Gasteiger partial charge in [-0.3, -0.25) is 14.6 Å². The van der Waals surface area contributed by atoms with E-state index in [2.05, 4.69) is 4.98 Å². The Labute approximate surface area is 211 Å². The monoisotopic (exact) mass is 516 g/mol. The van der Waals surface area contributed by atoms with Crippen molar-refractivity contribution in [3.63, 3.8) is 0 Å². The number of ether oxygens (including phenoxy) is 1. The zero-order valence-electron chi connectivity index (χ0n) is 18.0. The molecule has 2 heterocycles. The number of nitrogens with zero attached hydrogens (tertiary/aromatic N) is 2. The minimum atomic E-state index is -0.894. The first-order valence-corrected chi connectivity index (χ1v) is 11.5. The van der Waals surface area contributed by atoms with Gasteiger partial charge < -0.3 is 14.7 Å². The summed E-state index contributed by atoms with van der Waals surface area (Å²) in [6.45, 7) is 2.29. The van der Waals surface area contributed by atoms with Crippen LogP contribution in [0.3, 0.4) is 0 Å². The molecule has 1 saturated heterocycles. The molecule has 4 rings (SSSR count). The number of carbonyl (C=O) groups is 2. The van der Waals surface area contributed by atoms with Crippen LogP contribution in [0.25, 0.3) is 5.76 Å². The van der Waals surface area contributed by atoms with Gasteiger partial charge in [0.1, 0.15) is 11.5 Å². The Bertz CT molecular complexity index is 1290. The van der Waals surface area contributed by atoms with Crippen molar-refractivity contribution in [2.45, 2.75) is 19.5 Å². The van der Waals surface area contributed by atoms with Crippen LogP contribution in [0.2, 0.25) is 15.1 Å². The van der Waals surface area contributed by atoms with E-state index >= 15 is 0 Å². The van der Waals surface area contributed by atoms with Crippen molar-refractivity contribution in [2.24, 2.45) is 0 Å². The van der Waals surface area contributed by atoms with Gasteiger partial charge in [0.2, 0.25) is 0 Å². The largest absolute Gasteiger partial charge is 0.507 e. The third-order valence-corrected chi connectivity index (χ3v) is 6.46. The van der Waals surface area contributed by atoms with Crippen LogP contribution < -0.4 is 4.74 Å². The van der Waals surface area contributed by atoms with Gasteiger partial charge in [0.05, 0.1) is 33.3 Å². The highest BCUT2D eigenvalue weighted by Crippen LogP contribution is 2.42. The Morgan fingerprint density at radius 2 is 1.71 bits per heavy atom. The molecule has 3 aromatic rings. The molecule has 174 valence electrons. The fourth-order valence-electron chi connectivity index (χ4n) is 3.83. The van der Waals surface area contributed by atoms with Crippen LogP contribution in [0.1, 0.15) is 29.7 Å². The molecule has 6 nitrogen and oxygen atoms in total. The van der Waals surface area contributed by atoms with E-state index in [0.29, 0.717) is 33.5 Å². The van der Waals surface area contributed by atoms with Gasteiger partial charge >= 0.3 is 0 Å². The Balaban J connectivity index is 1.88. The van der Waals surface area contributed by atoms with Crippen molar-refractivity contribution in [3.8, 4) is 5.75 Å². The molecule has 1 aliphatic heterocycles. The molecule has 0 spiro atoms. The molecule has 2 aromatic carbocycles. The number of hydrogen-bond donors (Lipinski definition) is 1. The van der Waals surface area contributed by atoms with Gasteiger partial charge in [-0.2, -0.15) is 0 Å². The number of aliphatic hydroxyl groups is 1. The summed E-state index contributed by atoms with van der Waals surface area (Å²) in [5.74, 6) is -1.54. The van der Waals surface area contributed by atoms with Gasteiger partial charge in [0.15, 0.2) is 0 Å². The molecule has 0 saturated carbocycles. The fraction of sp³-hybridized carbons (Fsp3) is 0.160. The van der Waals surface area contributed by atoms with E-state index in [1.54, 1.807) is 61.8 Å². The van der Waals surface area contributed by atoms with Crippen molar-refractivity contribution in [1.82, 2.24) is 9.88 Å². The molecule has 0 radical (unpaired) electrons. The average Bonchev–Trinajstić information content (AvgIpc) is 3.07. The highest BCUT2D eigenvalue weighted by atomic mass is 35.5. The molecule has 1 aromatic heterocycles. The summed E-state index contributed by atoms with van der Waals surface area (Å²) in [6.07, 6.45) is 3.20.